The fourth-order valence-corrected chi connectivity index (χ4v) is 2.47. The summed E-state index contributed by atoms with van der Waals surface area (Å²) in [6, 6.07) is 5.29. The summed E-state index contributed by atoms with van der Waals surface area (Å²) in [6.45, 7) is 4.45. The van der Waals surface area contributed by atoms with Crippen LogP contribution < -0.4 is 5.32 Å². The van der Waals surface area contributed by atoms with Crippen molar-refractivity contribution in [2.75, 3.05) is 31.6 Å². The monoisotopic (exact) mass is 312 g/mol. The van der Waals surface area contributed by atoms with Crippen molar-refractivity contribution < 1.29 is 14.6 Å². The quantitative estimate of drug-likeness (QED) is 0.871. The summed E-state index contributed by atoms with van der Waals surface area (Å²) in [4.78, 5) is 14.0. The van der Waals surface area contributed by atoms with E-state index in [-0.39, 0.29) is 18.6 Å². The van der Waals surface area contributed by atoms with E-state index in [1.54, 1.807) is 18.2 Å². The Balaban J connectivity index is 1.91. The van der Waals surface area contributed by atoms with E-state index < -0.39 is 0 Å². The summed E-state index contributed by atoms with van der Waals surface area (Å²) >= 11 is 6.13. The highest BCUT2D eigenvalue weighted by atomic mass is 35.5. The first-order valence-corrected chi connectivity index (χ1v) is 7.49. The van der Waals surface area contributed by atoms with E-state index in [1.807, 2.05) is 11.8 Å². The molecular formula is C15H21ClN2O3. The SMILES string of the molecule is CC(CC(=O)N1CCOCC1)Nc1cc(CO)ccc1Cl. The average Bonchev–Trinajstić information content (AvgIpc) is 2.50. The molecule has 1 aromatic carbocycles. The van der Waals surface area contributed by atoms with Crippen LogP contribution in [0.5, 0.6) is 0 Å². The van der Waals surface area contributed by atoms with Gasteiger partial charge in [0.15, 0.2) is 0 Å². The number of benzene rings is 1. The predicted molar refractivity (Wildman–Crippen MR) is 82.5 cm³/mol. The fourth-order valence-electron chi connectivity index (χ4n) is 2.30. The zero-order valence-corrected chi connectivity index (χ0v) is 12.9. The van der Waals surface area contributed by atoms with Gasteiger partial charge in [-0.15, -0.1) is 0 Å². The van der Waals surface area contributed by atoms with Gasteiger partial charge in [0, 0.05) is 25.6 Å². The standard InChI is InChI=1S/C15H21ClN2O3/c1-11(8-15(20)18-4-6-21-7-5-18)17-14-9-12(10-19)2-3-13(14)16/h2-3,9,11,17,19H,4-8,10H2,1H3. The number of nitrogens with one attached hydrogen (secondary N) is 1. The van der Waals surface area contributed by atoms with Crippen LogP contribution in [0.4, 0.5) is 5.69 Å². The summed E-state index contributed by atoms with van der Waals surface area (Å²) in [5, 5.41) is 13.0. The van der Waals surface area contributed by atoms with Crippen LogP contribution in [-0.2, 0) is 16.1 Å². The number of nitrogens with zero attached hydrogens (tertiary/aromatic N) is 1. The van der Waals surface area contributed by atoms with Crippen molar-refractivity contribution in [2.45, 2.75) is 26.0 Å². The molecule has 1 aliphatic rings. The van der Waals surface area contributed by atoms with Crippen LogP contribution in [0.3, 0.4) is 0 Å². The smallest absolute Gasteiger partial charge is 0.224 e. The average molecular weight is 313 g/mol. The second kappa shape index (κ2) is 7.64. The Bertz CT molecular complexity index is 490. The second-order valence-electron chi connectivity index (χ2n) is 5.21. The maximum Gasteiger partial charge on any atom is 0.224 e. The van der Waals surface area contributed by atoms with Crippen LogP contribution >= 0.6 is 11.6 Å². The van der Waals surface area contributed by atoms with Crippen molar-refractivity contribution in [3.63, 3.8) is 0 Å². The fraction of sp³-hybridized carbons (Fsp3) is 0.533. The van der Waals surface area contributed by atoms with Crippen LogP contribution in [0, 0.1) is 0 Å². The summed E-state index contributed by atoms with van der Waals surface area (Å²) in [5.74, 6) is 0.118. The number of anilines is 1. The Labute approximate surface area is 129 Å². The Morgan fingerprint density at radius 2 is 2.19 bits per heavy atom. The number of morpholine rings is 1. The molecule has 0 aliphatic carbocycles. The maximum absolute atomic E-state index is 12.2. The van der Waals surface area contributed by atoms with E-state index in [1.165, 1.54) is 0 Å². The maximum atomic E-state index is 12.2. The van der Waals surface area contributed by atoms with E-state index in [9.17, 15) is 4.79 Å². The minimum Gasteiger partial charge on any atom is -0.392 e. The number of hydrogen-bond donors (Lipinski definition) is 2. The van der Waals surface area contributed by atoms with Crippen molar-refractivity contribution in [1.29, 1.82) is 0 Å². The number of rotatable bonds is 5. The third-order valence-electron chi connectivity index (χ3n) is 3.46. The molecule has 1 unspecified atom stereocenters. The first-order chi connectivity index (χ1) is 10.1. The second-order valence-corrected chi connectivity index (χ2v) is 5.62. The molecule has 1 fully saturated rings. The number of amides is 1. The Morgan fingerprint density at radius 1 is 1.48 bits per heavy atom. The summed E-state index contributed by atoms with van der Waals surface area (Å²) in [6.07, 6.45) is 0.402. The minimum atomic E-state index is -0.0354. The van der Waals surface area contributed by atoms with Crippen molar-refractivity contribution in [1.82, 2.24) is 4.90 Å². The van der Waals surface area contributed by atoms with Crippen LogP contribution in [0.2, 0.25) is 5.02 Å². The van der Waals surface area contributed by atoms with E-state index in [0.717, 1.165) is 11.3 Å². The molecule has 21 heavy (non-hydrogen) atoms. The molecule has 1 atom stereocenters. The molecule has 1 heterocycles. The molecule has 0 spiro atoms. The molecule has 1 aromatic rings. The number of aliphatic hydroxyl groups excluding tert-OH is 1. The zero-order valence-electron chi connectivity index (χ0n) is 12.1. The highest BCUT2D eigenvalue weighted by molar-refractivity contribution is 6.33. The number of carbonyl (C=O) groups excluding carboxylic acids is 1. The molecule has 1 aliphatic heterocycles. The van der Waals surface area contributed by atoms with Gasteiger partial charge >= 0.3 is 0 Å². The summed E-state index contributed by atoms with van der Waals surface area (Å²) < 4.78 is 5.24. The molecule has 116 valence electrons. The molecule has 0 saturated carbocycles. The molecule has 0 aromatic heterocycles. The van der Waals surface area contributed by atoms with Crippen molar-refractivity contribution >= 4 is 23.2 Å². The van der Waals surface area contributed by atoms with Gasteiger partial charge in [-0.3, -0.25) is 4.79 Å². The Kier molecular flexibility index (Phi) is 5.85. The topological polar surface area (TPSA) is 61.8 Å². The van der Waals surface area contributed by atoms with Gasteiger partial charge in [-0.2, -0.15) is 0 Å². The highest BCUT2D eigenvalue weighted by Gasteiger charge is 2.19. The first-order valence-electron chi connectivity index (χ1n) is 7.11. The molecular weight excluding hydrogens is 292 g/mol. The van der Waals surface area contributed by atoms with Gasteiger partial charge in [-0.25, -0.2) is 0 Å². The summed E-state index contributed by atoms with van der Waals surface area (Å²) in [7, 11) is 0. The van der Waals surface area contributed by atoms with E-state index in [2.05, 4.69) is 5.32 Å². The third-order valence-corrected chi connectivity index (χ3v) is 3.79. The molecule has 1 saturated heterocycles. The van der Waals surface area contributed by atoms with Gasteiger partial charge in [0.25, 0.3) is 0 Å². The summed E-state index contributed by atoms with van der Waals surface area (Å²) in [5.41, 5.74) is 1.53. The van der Waals surface area contributed by atoms with E-state index >= 15 is 0 Å². The molecule has 1 amide bonds. The van der Waals surface area contributed by atoms with Crippen molar-refractivity contribution in [3.05, 3.63) is 28.8 Å². The lowest BCUT2D eigenvalue weighted by Gasteiger charge is -2.28. The van der Waals surface area contributed by atoms with E-state index in [4.69, 9.17) is 21.4 Å². The third kappa shape index (κ3) is 4.59. The molecule has 0 radical (unpaired) electrons. The molecule has 2 rings (SSSR count). The highest BCUT2D eigenvalue weighted by Crippen LogP contribution is 2.24. The van der Waals surface area contributed by atoms with Gasteiger partial charge < -0.3 is 20.1 Å². The number of carbonyl (C=O) groups is 1. The van der Waals surface area contributed by atoms with Gasteiger partial charge in [-0.1, -0.05) is 17.7 Å². The van der Waals surface area contributed by atoms with Crippen LogP contribution in [-0.4, -0.2) is 48.3 Å². The molecule has 0 bridgehead atoms. The number of aliphatic hydroxyl groups is 1. The van der Waals surface area contributed by atoms with Crippen LogP contribution in [0.25, 0.3) is 0 Å². The largest absolute Gasteiger partial charge is 0.392 e. The normalized spacial score (nSPS) is 16.6. The van der Waals surface area contributed by atoms with Gasteiger partial charge in [-0.05, 0) is 24.6 Å². The Morgan fingerprint density at radius 3 is 2.86 bits per heavy atom. The predicted octanol–water partition coefficient (Wildman–Crippen LogP) is 1.88. The lowest BCUT2D eigenvalue weighted by Crippen LogP contribution is -2.42. The Hall–Kier alpha value is -1.30. The number of halogens is 1. The van der Waals surface area contributed by atoms with Gasteiger partial charge in [0.05, 0.1) is 30.5 Å². The molecule has 5 nitrogen and oxygen atoms in total. The molecule has 6 heteroatoms. The van der Waals surface area contributed by atoms with Crippen LogP contribution in [0.1, 0.15) is 18.9 Å². The first kappa shape index (κ1) is 16.1. The van der Waals surface area contributed by atoms with Gasteiger partial charge in [0.1, 0.15) is 0 Å². The molecule has 2 N–H and O–H groups in total. The number of hydrogen-bond acceptors (Lipinski definition) is 4. The minimum absolute atomic E-state index is 0.0348. The number of ether oxygens (including phenoxy) is 1. The van der Waals surface area contributed by atoms with Gasteiger partial charge in [0.2, 0.25) is 5.91 Å². The van der Waals surface area contributed by atoms with Crippen molar-refractivity contribution in [3.8, 4) is 0 Å². The zero-order chi connectivity index (χ0) is 15.2. The van der Waals surface area contributed by atoms with Crippen LogP contribution in [0.15, 0.2) is 18.2 Å². The van der Waals surface area contributed by atoms with E-state index in [0.29, 0.717) is 37.7 Å². The lowest BCUT2D eigenvalue weighted by atomic mass is 10.1. The van der Waals surface area contributed by atoms with Crippen molar-refractivity contribution in [2.24, 2.45) is 0 Å². The lowest BCUT2D eigenvalue weighted by molar-refractivity contribution is -0.135.